The number of carbonyl (C=O) groups excluding carboxylic acids is 2. The fourth-order valence-electron chi connectivity index (χ4n) is 4.53. The van der Waals surface area contributed by atoms with E-state index in [4.69, 9.17) is 9.47 Å². The van der Waals surface area contributed by atoms with Crippen molar-refractivity contribution in [1.29, 1.82) is 0 Å². The molecule has 2 fully saturated rings. The zero-order valence-corrected chi connectivity index (χ0v) is 17.8. The summed E-state index contributed by atoms with van der Waals surface area (Å²) in [4.78, 5) is 32.4. The van der Waals surface area contributed by atoms with E-state index in [0.29, 0.717) is 45.2 Å². The summed E-state index contributed by atoms with van der Waals surface area (Å²) in [5.41, 5.74) is 0.234. The van der Waals surface area contributed by atoms with Crippen LogP contribution in [0.15, 0.2) is 30.3 Å². The Morgan fingerprint density at radius 3 is 2.38 bits per heavy atom. The van der Waals surface area contributed by atoms with Crippen LogP contribution < -0.4 is 0 Å². The Bertz CT molecular complexity index is 689. The molecule has 0 N–H and O–H groups in total. The Labute approximate surface area is 173 Å². The van der Waals surface area contributed by atoms with Crippen LogP contribution in [0.3, 0.4) is 0 Å². The molecule has 0 radical (unpaired) electrons. The maximum atomic E-state index is 13.5. The number of nitrogens with zero attached hydrogens (tertiary/aromatic N) is 3. The molecule has 2 aliphatic rings. The topological polar surface area (TPSA) is 62.3 Å². The molecule has 160 valence electrons. The van der Waals surface area contributed by atoms with Gasteiger partial charge in [0.2, 0.25) is 0 Å². The molecule has 0 aliphatic carbocycles. The molecule has 2 heterocycles. The van der Waals surface area contributed by atoms with Crippen LogP contribution in [0.4, 0.5) is 4.79 Å². The minimum atomic E-state index is -0.733. The van der Waals surface area contributed by atoms with Crippen LogP contribution in [0.25, 0.3) is 0 Å². The number of likely N-dealkylation sites (tertiary alicyclic amines) is 1. The van der Waals surface area contributed by atoms with Gasteiger partial charge in [0, 0.05) is 46.5 Å². The van der Waals surface area contributed by atoms with Crippen LogP contribution in [-0.2, 0) is 20.8 Å². The van der Waals surface area contributed by atoms with Gasteiger partial charge in [-0.15, -0.1) is 0 Å². The molecule has 2 saturated heterocycles. The zero-order valence-electron chi connectivity index (χ0n) is 17.8. The number of urea groups is 1. The Kier molecular flexibility index (Phi) is 7.27. The second-order valence-electron chi connectivity index (χ2n) is 8.03. The highest BCUT2D eigenvalue weighted by atomic mass is 16.5. The molecule has 0 saturated carbocycles. The number of benzene rings is 1. The molecule has 1 aromatic rings. The van der Waals surface area contributed by atoms with Gasteiger partial charge in [-0.2, -0.15) is 0 Å². The number of rotatable bonds is 9. The second kappa shape index (κ2) is 9.69. The minimum absolute atomic E-state index is 0.0529. The molecule has 7 heteroatoms. The normalized spacial score (nSPS) is 20.7. The number of hydrogen-bond donors (Lipinski definition) is 0. The first kappa shape index (κ1) is 21.7. The highest BCUT2D eigenvalue weighted by molar-refractivity contribution is 6.07. The lowest BCUT2D eigenvalue weighted by Crippen LogP contribution is -2.58. The van der Waals surface area contributed by atoms with Crippen LogP contribution in [0, 0.1) is 0 Å². The molecule has 1 unspecified atom stereocenters. The molecular weight excluding hydrogens is 370 g/mol. The molecule has 2 aliphatic heterocycles. The van der Waals surface area contributed by atoms with Gasteiger partial charge >= 0.3 is 6.03 Å². The van der Waals surface area contributed by atoms with Gasteiger partial charge in [0.15, 0.2) is 0 Å². The van der Waals surface area contributed by atoms with E-state index in [9.17, 15) is 9.59 Å². The smallest absolute Gasteiger partial charge is 0.327 e. The molecule has 0 aromatic heterocycles. The number of ether oxygens (including phenoxy) is 2. The van der Waals surface area contributed by atoms with Crippen LogP contribution in [0.2, 0.25) is 0 Å². The summed E-state index contributed by atoms with van der Waals surface area (Å²) in [6.07, 6.45) is 2.04. The van der Waals surface area contributed by atoms with Crippen molar-refractivity contribution in [2.24, 2.45) is 0 Å². The molecule has 1 atom stereocenters. The van der Waals surface area contributed by atoms with Gasteiger partial charge in [0.1, 0.15) is 5.54 Å². The molecule has 29 heavy (non-hydrogen) atoms. The molecule has 0 bridgehead atoms. The Morgan fingerprint density at radius 1 is 1.07 bits per heavy atom. The van der Waals surface area contributed by atoms with Gasteiger partial charge in [-0.1, -0.05) is 30.3 Å². The number of hydrogen-bond acceptors (Lipinski definition) is 5. The third-order valence-electron chi connectivity index (χ3n) is 6.19. The second-order valence-corrected chi connectivity index (χ2v) is 8.03. The lowest BCUT2D eigenvalue weighted by atomic mass is 9.85. The largest absolute Gasteiger partial charge is 0.385 e. The molecule has 7 nitrogen and oxygen atoms in total. The quantitative estimate of drug-likeness (QED) is 0.468. The van der Waals surface area contributed by atoms with E-state index < -0.39 is 5.54 Å². The van der Waals surface area contributed by atoms with E-state index in [1.807, 2.05) is 35.2 Å². The van der Waals surface area contributed by atoms with E-state index in [0.717, 1.165) is 25.1 Å². The van der Waals surface area contributed by atoms with Crippen molar-refractivity contribution in [3.05, 3.63) is 35.9 Å². The Balaban J connectivity index is 1.79. The van der Waals surface area contributed by atoms with Gasteiger partial charge in [-0.25, -0.2) is 4.79 Å². The van der Waals surface area contributed by atoms with E-state index in [2.05, 4.69) is 11.8 Å². The van der Waals surface area contributed by atoms with Crippen molar-refractivity contribution in [3.8, 4) is 0 Å². The summed E-state index contributed by atoms with van der Waals surface area (Å²) < 4.78 is 10.5. The molecule has 3 amide bonds. The van der Waals surface area contributed by atoms with E-state index in [1.54, 1.807) is 14.2 Å². The van der Waals surface area contributed by atoms with Gasteiger partial charge < -0.3 is 14.4 Å². The molecule has 3 rings (SSSR count). The number of amides is 3. The monoisotopic (exact) mass is 403 g/mol. The van der Waals surface area contributed by atoms with Crippen molar-refractivity contribution in [1.82, 2.24) is 14.7 Å². The SMILES string of the molecule is COCCCN1C(=O)N(Cc2ccccc2)C(=O)C12CCN(C(C)COC)CC2. The first-order chi connectivity index (χ1) is 14.0. The van der Waals surface area contributed by atoms with E-state index in [1.165, 1.54) is 4.90 Å². The van der Waals surface area contributed by atoms with Gasteiger partial charge in [-0.05, 0) is 31.7 Å². The van der Waals surface area contributed by atoms with Crippen LogP contribution >= 0.6 is 0 Å². The number of methoxy groups -OCH3 is 2. The summed E-state index contributed by atoms with van der Waals surface area (Å²) in [6, 6.07) is 9.84. The van der Waals surface area contributed by atoms with Crippen molar-refractivity contribution in [2.45, 2.75) is 44.3 Å². The molecular formula is C22H33N3O4. The Hall–Kier alpha value is -1.96. The fourth-order valence-corrected chi connectivity index (χ4v) is 4.53. The van der Waals surface area contributed by atoms with Crippen LogP contribution in [0.1, 0.15) is 31.7 Å². The third-order valence-corrected chi connectivity index (χ3v) is 6.19. The average Bonchev–Trinajstić information content (AvgIpc) is 2.92. The number of piperidine rings is 1. The van der Waals surface area contributed by atoms with Crippen molar-refractivity contribution in [3.63, 3.8) is 0 Å². The highest BCUT2D eigenvalue weighted by Gasteiger charge is 2.57. The van der Waals surface area contributed by atoms with Gasteiger partial charge in [-0.3, -0.25) is 14.6 Å². The maximum Gasteiger partial charge on any atom is 0.327 e. The predicted octanol–water partition coefficient (Wildman–Crippen LogP) is 2.36. The lowest BCUT2D eigenvalue weighted by Gasteiger charge is -2.44. The average molecular weight is 404 g/mol. The highest BCUT2D eigenvalue weighted by Crippen LogP contribution is 2.38. The molecule has 1 aromatic carbocycles. The number of carbonyl (C=O) groups is 2. The summed E-state index contributed by atoms with van der Waals surface area (Å²) in [6.45, 7) is 5.80. The zero-order chi connectivity index (χ0) is 20.9. The fraction of sp³-hybridized carbons (Fsp3) is 0.636. The van der Waals surface area contributed by atoms with Gasteiger partial charge in [0.05, 0.1) is 13.2 Å². The first-order valence-corrected chi connectivity index (χ1v) is 10.4. The predicted molar refractivity (Wildman–Crippen MR) is 110 cm³/mol. The lowest BCUT2D eigenvalue weighted by molar-refractivity contribution is -0.136. The minimum Gasteiger partial charge on any atom is -0.385 e. The number of imide groups is 1. The summed E-state index contributed by atoms with van der Waals surface area (Å²) in [5, 5.41) is 0. The van der Waals surface area contributed by atoms with Crippen LogP contribution in [-0.4, -0.2) is 85.3 Å². The summed E-state index contributed by atoms with van der Waals surface area (Å²) >= 11 is 0. The van der Waals surface area contributed by atoms with E-state index >= 15 is 0 Å². The van der Waals surface area contributed by atoms with Crippen molar-refractivity contribution in [2.75, 3.05) is 47.1 Å². The van der Waals surface area contributed by atoms with Crippen molar-refractivity contribution < 1.29 is 19.1 Å². The Morgan fingerprint density at radius 2 is 1.76 bits per heavy atom. The van der Waals surface area contributed by atoms with Gasteiger partial charge in [0.25, 0.3) is 5.91 Å². The first-order valence-electron chi connectivity index (χ1n) is 10.4. The van der Waals surface area contributed by atoms with Crippen LogP contribution in [0.5, 0.6) is 0 Å². The summed E-state index contributed by atoms with van der Waals surface area (Å²) in [7, 11) is 3.37. The molecule has 1 spiro atoms. The maximum absolute atomic E-state index is 13.5. The summed E-state index contributed by atoms with van der Waals surface area (Å²) in [5.74, 6) is -0.0529. The standard InChI is InChI=1S/C22H33N3O4/c1-18(17-29-3)23-13-10-22(11-14-23)20(26)24(16-19-8-5-4-6-9-19)21(27)25(22)12-7-15-28-2/h4-6,8-9,18H,7,10-17H2,1-3H3. The third kappa shape index (κ3) is 4.47. The van der Waals surface area contributed by atoms with E-state index in [-0.39, 0.29) is 11.9 Å². The van der Waals surface area contributed by atoms with Crippen molar-refractivity contribution >= 4 is 11.9 Å².